The smallest absolute Gasteiger partial charge is 0.306 e. The molecule has 118 valence electrons. The first-order valence-corrected chi connectivity index (χ1v) is 7.99. The Balaban J connectivity index is 1.49. The van der Waals surface area contributed by atoms with Gasteiger partial charge in [-0.1, -0.05) is 18.6 Å². The fourth-order valence-electron chi connectivity index (χ4n) is 4.00. The Bertz CT molecular complexity index is 566. The van der Waals surface area contributed by atoms with Gasteiger partial charge in [-0.2, -0.15) is 0 Å². The van der Waals surface area contributed by atoms with Gasteiger partial charge in [0.05, 0.1) is 12.7 Å². The van der Waals surface area contributed by atoms with E-state index < -0.39 is 0 Å². The molecular formula is C18H22O4. The number of carbonyl (C=O) groups excluding carboxylic acids is 2. The van der Waals surface area contributed by atoms with Crippen molar-refractivity contribution in [3.63, 3.8) is 0 Å². The molecule has 1 aromatic carbocycles. The lowest BCUT2D eigenvalue weighted by Gasteiger charge is -2.20. The van der Waals surface area contributed by atoms with Gasteiger partial charge in [0.2, 0.25) is 5.78 Å². The van der Waals surface area contributed by atoms with E-state index in [2.05, 4.69) is 0 Å². The number of ether oxygens (including phenoxy) is 2. The summed E-state index contributed by atoms with van der Waals surface area (Å²) in [6, 6.07) is 6.98. The number of fused-ring (bicyclic) bond motifs is 2. The number of rotatable bonds is 6. The number of Topliss-reactive ketones (excluding diaryl/α,β-unsaturated/α-hetero) is 1. The maximum absolute atomic E-state index is 12.1. The molecule has 2 fully saturated rings. The van der Waals surface area contributed by atoms with Crippen molar-refractivity contribution < 1.29 is 19.1 Å². The lowest BCUT2D eigenvalue weighted by Crippen LogP contribution is -2.20. The summed E-state index contributed by atoms with van der Waals surface area (Å²) >= 11 is 0. The van der Waals surface area contributed by atoms with Gasteiger partial charge in [0, 0.05) is 6.42 Å². The number of para-hydroxylation sites is 1. The van der Waals surface area contributed by atoms with Crippen LogP contribution in [0.15, 0.2) is 24.3 Å². The molecule has 0 aliphatic heterocycles. The van der Waals surface area contributed by atoms with E-state index in [0.29, 0.717) is 29.6 Å². The summed E-state index contributed by atoms with van der Waals surface area (Å²) in [4.78, 5) is 24.1. The van der Waals surface area contributed by atoms with Crippen molar-refractivity contribution in [2.45, 2.75) is 32.1 Å². The van der Waals surface area contributed by atoms with Crippen LogP contribution in [-0.4, -0.2) is 25.5 Å². The zero-order chi connectivity index (χ0) is 15.5. The Kier molecular flexibility index (Phi) is 4.46. The number of ketones is 1. The van der Waals surface area contributed by atoms with E-state index in [-0.39, 0.29) is 18.4 Å². The molecule has 1 aromatic rings. The topological polar surface area (TPSA) is 52.6 Å². The van der Waals surface area contributed by atoms with E-state index in [9.17, 15) is 9.59 Å². The van der Waals surface area contributed by atoms with Gasteiger partial charge in [-0.05, 0) is 49.1 Å². The Morgan fingerprint density at radius 3 is 2.68 bits per heavy atom. The fraction of sp³-hybridized carbons (Fsp3) is 0.556. The molecule has 0 radical (unpaired) electrons. The average molecular weight is 302 g/mol. The molecule has 2 saturated carbocycles. The third kappa shape index (κ3) is 3.16. The van der Waals surface area contributed by atoms with Gasteiger partial charge >= 0.3 is 5.97 Å². The molecule has 4 nitrogen and oxygen atoms in total. The number of methoxy groups -OCH3 is 1. The molecule has 0 saturated heterocycles. The maximum Gasteiger partial charge on any atom is 0.306 e. The SMILES string of the molecule is COc1ccccc1C(=O)COC(=O)CC1CC2CCC1C2. The second-order valence-electron chi connectivity index (χ2n) is 6.42. The Labute approximate surface area is 130 Å². The van der Waals surface area contributed by atoms with Crippen LogP contribution < -0.4 is 4.74 Å². The summed E-state index contributed by atoms with van der Waals surface area (Å²) < 4.78 is 10.3. The van der Waals surface area contributed by atoms with Crippen LogP contribution in [0.1, 0.15) is 42.5 Å². The largest absolute Gasteiger partial charge is 0.496 e. The average Bonchev–Trinajstić information content (AvgIpc) is 3.15. The van der Waals surface area contributed by atoms with Crippen LogP contribution in [0.25, 0.3) is 0 Å². The molecule has 0 amide bonds. The van der Waals surface area contributed by atoms with Crippen molar-refractivity contribution in [3.8, 4) is 5.75 Å². The molecular weight excluding hydrogens is 280 g/mol. The van der Waals surface area contributed by atoms with Crippen molar-refractivity contribution in [1.29, 1.82) is 0 Å². The number of esters is 1. The Morgan fingerprint density at radius 1 is 1.18 bits per heavy atom. The fourth-order valence-corrected chi connectivity index (χ4v) is 4.00. The standard InChI is InChI=1S/C18H22O4/c1-21-17-5-3-2-4-15(17)16(19)11-22-18(20)10-14-9-12-6-7-13(14)8-12/h2-5,12-14H,6-11H2,1H3. The molecule has 3 unspecified atom stereocenters. The lowest BCUT2D eigenvalue weighted by molar-refractivity contribution is -0.144. The lowest BCUT2D eigenvalue weighted by atomic mass is 9.86. The van der Waals surface area contributed by atoms with Gasteiger partial charge in [-0.3, -0.25) is 9.59 Å². The summed E-state index contributed by atoms with van der Waals surface area (Å²) in [6.45, 7) is -0.208. The van der Waals surface area contributed by atoms with Crippen molar-refractivity contribution in [1.82, 2.24) is 0 Å². The van der Waals surface area contributed by atoms with Gasteiger partial charge in [0.1, 0.15) is 5.75 Å². The van der Waals surface area contributed by atoms with Crippen molar-refractivity contribution in [2.75, 3.05) is 13.7 Å². The van der Waals surface area contributed by atoms with Gasteiger partial charge in [-0.15, -0.1) is 0 Å². The first kappa shape index (κ1) is 15.1. The van der Waals surface area contributed by atoms with E-state index in [4.69, 9.17) is 9.47 Å². The summed E-state index contributed by atoms with van der Waals surface area (Å²) in [6.07, 6.45) is 5.46. The Hall–Kier alpha value is -1.84. The molecule has 22 heavy (non-hydrogen) atoms. The number of carbonyl (C=O) groups is 2. The molecule has 3 rings (SSSR count). The third-order valence-electron chi connectivity index (χ3n) is 5.09. The zero-order valence-electron chi connectivity index (χ0n) is 12.9. The van der Waals surface area contributed by atoms with E-state index >= 15 is 0 Å². The highest BCUT2D eigenvalue weighted by atomic mass is 16.5. The molecule has 3 atom stereocenters. The summed E-state index contributed by atoms with van der Waals surface area (Å²) in [7, 11) is 1.52. The predicted molar refractivity (Wildman–Crippen MR) is 81.8 cm³/mol. The monoisotopic (exact) mass is 302 g/mol. The van der Waals surface area contributed by atoms with Gasteiger partial charge in [0.15, 0.2) is 6.61 Å². The summed E-state index contributed by atoms with van der Waals surface area (Å²) in [5, 5.41) is 0. The normalized spacial score (nSPS) is 26.0. The van der Waals surface area contributed by atoms with E-state index in [0.717, 1.165) is 12.3 Å². The minimum absolute atomic E-state index is 0.208. The van der Waals surface area contributed by atoms with Crippen LogP contribution >= 0.6 is 0 Å². The first-order valence-electron chi connectivity index (χ1n) is 7.99. The van der Waals surface area contributed by atoms with Crippen molar-refractivity contribution >= 4 is 11.8 Å². The minimum atomic E-state index is -0.249. The molecule has 0 spiro atoms. The highest BCUT2D eigenvalue weighted by Gasteiger charge is 2.40. The maximum atomic E-state index is 12.1. The van der Waals surface area contributed by atoms with E-state index in [1.165, 1.54) is 26.4 Å². The van der Waals surface area contributed by atoms with E-state index in [1.807, 2.05) is 0 Å². The van der Waals surface area contributed by atoms with Gasteiger partial charge in [0.25, 0.3) is 0 Å². The minimum Gasteiger partial charge on any atom is -0.496 e. The molecule has 0 aromatic heterocycles. The summed E-state index contributed by atoms with van der Waals surface area (Å²) in [5.41, 5.74) is 0.456. The second kappa shape index (κ2) is 6.51. The number of benzene rings is 1. The van der Waals surface area contributed by atoms with Gasteiger partial charge < -0.3 is 9.47 Å². The van der Waals surface area contributed by atoms with Crippen LogP contribution in [0.4, 0.5) is 0 Å². The van der Waals surface area contributed by atoms with Crippen molar-refractivity contribution in [2.24, 2.45) is 17.8 Å². The molecule has 2 bridgehead atoms. The van der Waals surface area contributed by atoms with Crippen LogP contribution in [0, 0.1) is 17.8 Å². The quantitative estimate of drug-likeness (QED) is 0.598. The third-order valence-corrected chi connectivity index (χ3v) is 5.09. The molecule has 2 aliphatic carbocycles. The molecule has 4 heteroatoms. The molecule has 0 heterocycles. The van der Waals surface area contributed by atoms with E-state index in [1.54, 1.807) is 24.3 Å². The number of hydrogen-bond donors (Lipinski definition) is 0. The van der Waals surface area contributed by atoms with Crippen LogP contribution in [0.2, 0.25) is 0 Å². The zero-order valence-corrected chi connectivity index (χ0v) is 12.9. The summed E-state index contributed by atoms with van der Waals surface area (Å²) in [5.74, 6) is 2.02. The number of hydrogen-bond acceptors (Lipinski definition) is 4. The predicted octanol–water partition coefficient (Wildman–Crippen LogP) is 3.25. The highest BCUT2D eigenvalue weighted by molar-refractivity contribution is 6.00. The van der Waals surface area contributed by atoms with Crippen LogP contribution in [-0.2, 0) is 9.53 Å². The van der Waals surface area contributed by atoms with Crippen molar-refractivity contribution in [3.05, 3.63) is 29.8 Å². The highest BCUT2D eigenvalue weighted by Crippen LogP contribution is 2.49. The van der Waals surface area contributed by atoms with Crippen LogP contribution in [0.5, 0.6) is 5.75 Å². The van der Waals surface area contributed by atoms with Crippen LogP contribution in [0.3, 0.4) is 0 Å². The molecule has 0 N–H and O–H groups in total. The van der Waals surface area contributed by atoms with Gasteiger partial charge in [-0.25, -0.2) is 0 Å². The second-order valence-corrected chi connectivity index (χ2v) is 6.42. The molecule has 2 aliphatic rings. The Morgan fingerprint density at radius 2 is 2.00 bits per heavy atom. The first-order chi connectivity index (χ1) is 10.7.